The summed E-state index contributed by atoms with van der Waals surface area (Å²) in [4.78, 5) is 12.4. The van der Waals surface area contributed by atoms with Crippen LogP contribution in [0.25, 0.3) is 4.85 Å². The molecule has 3 heterocycles. The minimum atomic E-state index is -0.729. The van der Waals surface area contributed by atoms with Gasteiger partial charge in [-0.1, -0.05) is 91.0 Å². The highest BCUT2D eigenvalue weighted by Gasteiger charge is 2.52. The second kappa shape index (κ2) is 9.96. The van der Waals surface area contributed by atoms with Crippen LogP contribution in [0, 0.1) is 29.2 Å². The molecule has 0 N–H and O–H groups in total. The summed E-state index contributed by atoms with van der Waals surface area (Å²) in [5.41, 5.74) is 9.04. The molecule has 8 rings (SSSR count). The molecule has 0 amide bonds. The Balaban J connectivity index is 1.52. The fourth-order valence-corrected chi connectivity index (χ4v) is 7.13. The second-order valence-electron chi connectivity index (χ2n) is 10.9. The maximum atomic E-state index is 10.3. The third kappa shape index (κ3) is 3.50. The molecule has 6 heteroatoms. The predicted octanol–water partition coefficient (Wildman–Crippen LogP) is 9.32. The van der Waals surface area contributed by atoms with Crippen LogP contribution in [0.3, 0.4) is 0 Å². The Kier molecular flexibility index (Phi) is 5.75. The van der Waals surface area contributed by atoms with E-state index in [1.807, 2.05) is 53.4 Å². The van der Waals surface area contributed by atoms with Crippen molar-refractivity contribution in [3.63, 3.8) is 0 Å². The normalized spacial score (nSPS) is 13.4. The zero-order valence-corrected chi connectivity index (χ0v) is 23.9. The van der Waals surface area contributed by atoms with Gasteiger partial charge in [0.1, 0.15) is 17.8 Å². The van der Waals surface area contributed by atoms with Gasteiger partial charge in [-0.2, -0.15) is 10.5 Å². The number of fused-ring (bicyclic) bond motifs is 8. The Morgan fingerprint density at radius 2 is 1.02 bits per heavy atom. The number of hydrogen-bond donors (Lipinski definition) is 0. The zero-order chi connectivity index (χ0) is 30.5. The molecule has 6 nitrogen and oxygen atoms in total. The molecule has 0 fully saturated rings. The number of benzene rings is 5. The SMILES string of the molecule is [C-]#[N+]c1cc(C#N)nc(C#N)c1N1c2ccccc2C2(c3ccccc3N(c3ccccc3)c3ccccc32)c2ccccc21. The Labute approximate surface area is 260 Å². The van der Waals surface area contributed by atoms with Crippen LogP contribution < -0.4 is 9.80 Å². The number of anilines is 6. The number of nitrogens with zero attached hydrogens (tertiary/aromatic N) is 6. The number of nitriles is 2. The summed E-state index contributed by atoms with van der Waals surface area (Å²) in [6.45, 7) is 8.05. The van der Waals surface area contributed by atoms with Gasteiger partial charge in [-0.3, -0.25) is 0 Å². The van der Waals surface area contributed by atoms with E-state index in [4.69, 9.17) is 6.57 Å². The van der Waals surface area contributed by atoms with Gasteiger partial charge in [0.2, 0.25) is 5.69 Å². The Hall–Kier alpha value is -6.68. The summed E-state index contributed by atoms with van der Waals surface area (Å²) >= 11 is 0. The standard InChI is InChI=1S/C39H22N6/c1-42-32-23-26(24-40)43-33(25-41)38(32)45-36-21-11-7-17-30(36)39(31-18-8-12-22-37(31)45)28-15-5-9-19-34(28)44(27-13-3-2-4-14-27)35-20-10-6-16-29(35)39/h2-23H. The van der Waals surface area contributed by atoms with Gasteiger partial charge in [-0.05, 0) is 64.7 Å². The van der Waals surface area contributed by atoms with Crippen LogP contribution in [0.4, 0.5) is 39.8 Å². The van der Waals surface area contributed by atoms with Gasteiger partial charge in [-0.15, -0.1) is 0 Å². The molecule has 1 aromatic heterocycles. The number of para-hydroxylation sites is 5. The lowest BCUT2D eigenvalue weighted by Gasteiger charge is -2.51. The number of rotatable bonds is 2. The van der Waals surface area contributed by atoms with Crippen LogP contribution in [0.15, 0.2) is 133 Å². The molecule has 6 aromatic rings. The third-order valence-electron chi connectivity index (χ3n) is 8.75. The molecule has 0 saturated heterocycles. The molecule has 208 valence electrons. The maximum Gasteiger partial charge on any atom is 0.216 e. The van der Waals surface area contributed by atoms with Crippen molar-refractivity contribution in [3.8, 4) is 12.1 Å². The first kappa shape index (κ1) is 26.0. The van der Waals surface area contributed by atoms with Crippen LogP contribution in [-0.2, 0) is 5.41 Å². The molecule has 0 bridgehead atoms. The summed E-state index contributed by atoms with van der Waals surface area (Å²) in [7, 11) is 0. The topological polar surface area (TPSA) is 71.3 Å². The lowest BCUT2D eigenvalue weighted by molar-refractivity contribution is 0.718. The number of aromatic nitrogens is 1. The molecule has 0 saturated carbocycles. The van der Waals surface area contributed by atoms with Gasteiger partial charge in [0.05, 0.1) is 29.0 Å². The fraction of sp³-hybridized carbons (Fsp3) is 0.0256. The van der Waals surface area contributed by atoms with E-state index in [0.717, 1.165) is 50.7 Å². The van der Waals surface area contributed by atoms with E-state index in [0.29, 0.717) is 5.69 Å². The molecule has 2 aliphatic rings. The molecule has 45 heavy (non-hydrogen) atoms. The van der Waals surface area contributed by atoms with Crippen LogP contribution in [0.1, 0.15) is 33.6 Å². The molecule has 0 atom stereocenters. The van der Waals surface area contributed by atoms with E-state index in [2.05, 4.69) is 106 Å². The van der Waals surface area contributed by atoms with Crippen molar-refractivity contribution in [2.24, 2.45) is 0 Å². The fourth-order valence-electron chi connectivity index (χ4n) is 7.13. The quantitative estimate of drug-likeness (QED) is 0.192. The van der Waals surface area contributed by atoms with Crippen molar-refractivity contribution in [2.75, 3.05) is 9.80 Å². The van der Waals surface area contributed by atoms with Gasteiger partial charge in [-0.25, -0.2) is 9.83 Å². The molecule has 2 aliphatic heterocycles. The zero-order valence-electron chi connectivity index (χ0n) is 23.9. The van der Waals surface area contributed by atoms with E-state index in [1.165, 1.54) is 6.07 Å². The summed E-state index contributed by atoms with van der Waals surface area (Å²) in [6.07, 6.45) is 0. The summed E-state index contributed by atoms with van der Waals surface area (Å²) < 4.78 is 0. The van der Waals surface area contributed by atoms with E-state index in [-0.39, 0.29) is 17.1 Å². The van der Waals surface area contributed by atoms with Crippen molar-refractivity contribution in [1.29, 1.82) is 10.5 Å². The summed E-state index contributed by atoms with van der Waals surface area (Å²) in [6, 6.07) is 49.5. The van der Waals surface area contributed by atoms with Crippen molar-refractivity contribution in [2.45, 2.75) is 5.41 Å². The highest BCUT2D eigenvalue weighted by atomic mass is 15.2. The van der Waals surface area contributed by atoms with E-state index in [9.17, 15) is 10.5 Å². The average molecular weight is 575 g/mol. The monoisotopic (exact) mass is 574 g/mol. The van der Waals surface area contributed by atoms with Crippen molar-refractivity contribution in [1.82, 2.24) is 4.98 Å². The van der Waals surface area contributed by atoms with Crippen molar-refractivity contribution < 1.29 is 0 Å². The lowest BCUT2D eigenvalue weighted by Crippen LogP contribution is -2.42. The third-order valence-corrected chi connectivity index (χ3v) is 8.75. The Bertz CT molecular complexity index is 2150. The minimum absolute atomic E-state index is 0.0281. The van der Waals surface area contributed by atoms with Crippen LogP contribution in [-0.4, -0.2) is 4.98 Å². The Morgan fingerprint density at radius 1 is 0.578 bits per heavy atom. The molecule has 1 spiro atoms. The first-order chi connectivity index (χ1) is 22.2. The summed E-state index contributed by atoms with van der Waals surface area (Å²) in [5, 5.41) is 19.9. The lowest BCUT2D eigenvalue weighted by atomic mass is 9.60. The maximum absolute atomic E-state index is 10.3. The molecule has 5 aromatic carbocycles. The highest BCUT2D eigenvalue weighted by molar-refractivity contribution is 5.99. The highest BCUT2D eigenvalue weighted by Crippen LogP contribution is 2.64. The average Bonchev–Trinajstić information content (AvgIpc) is 3.11. The second-order valence-corrected chi connectivity index (χ2v) is 10.9. The van der Waals surface area contributed by atoms with Gasteiger partial charge in [0, 0.05) is 17.1 Å². The Morgan fingerprint density at radius 3 is 1.47 bits per heavy atom. The van der Waals surface area contributed by atoms with Crippen LogP contribution in [0.2, 0.25) is 0 Å². The molecular weight excluding hydrogens is 552 g/mol. The van der Waals surface area contributed by atoms with Crippen molar-refractivity contribution in [3.05, 3.63) is 179 Å². The van der Waals surface area contributed by atoms with E-state index >= 15 is 0 Å². The molecular formula is C39H22N6. The number of pyridine rings is 1. The van der Waals surface area contributed by atoms with Gasteiger partial charge >= 0.3 is 0 Å². The molecule has 0 unspecified atom stereocenters. The van der Waals surface area contributed by atoms with E-state index in [1.54, 1.807) is 0 Å². The first-order valence-corrected chi connectivity index (χ1v) is 14.5. The van der Waals surface area contributed by atoms with E-state index < -0.39 is 5.41 Å². The van der Waals surface area contributed by atoms with Gasteiger partial charge in [0.15, 0.2) is 5.69 Å². The van der Waals surface area contributed by atoms with Gasteiger partial charge < -0.3 is 9.80 Å². The summed E-state index contributed by atoms with van der Waals surface area (Å²) in [5.74, 6) is 0. The minimum Gasteiger partial charge on any atom is -0.317 e. The predicted molar refractivity (Wildman–Crippen MR) is 175 cm³/mol. The van der Waals surface area contributed by atoms with Crippen molar-refractivity contribution >= 4 is 39.8 Å². The largest absolute Gasteiger partial charge is 0.317 e. The van der Waals surface area contributed by atoms with Crippen LogP contribution >= 0.6 is 0 Å². The first-order valence-electron chi connectivity index (χ1n) is 14.5. The van der Waals surface area contributed by atoms with Gasteiger partial charge in [0.25, 0.3) is 0 Å². The molecule has 0 radical (unpaired) electrons. The number of hydrogen-bond acceptors (Lipinski definition) is 5. The smallest absolute Gasteiger partial charge is 0.216 e. The van der Waals surface area contributed by atoms with Crippen LogP contribution in [0.5, 0.6) is 0 Å². The molecule has 0 aliphatic carbocycles.